The second-order valence-electron chi connectivity index (χ2n) is 6.41. The van der Waals surface area contributed by atoms with Crippen LogP contribution in [0.1, 0.15) is 26.2 Å². The minimum Gasteiger partial charge on any atom is -0.353 e. The molecule has 122 valence electrons. The molecule has 0 radical (unpaired) electrons. The highest BCUT2D eigenvalue weighted by atomic mass is 79.9. The van der Waals surface area contributed by atoms with Crippen LogP contribution in [0.3, 0.4) is 0 Å². The van der Waals surface area contributed by atoms with Gasteiger partial charge in [0.05, 0.1) is 5.52 Å². The van der Waals surface area contributed by atoms with Gasteiger partial charge in [0.25, 0.3) is 0 Å². The minimum atomic E-state index is 0.518. The molecule has 1 atom stereocenters. The molecule has 0 N–H and O–H groups in total. The number of hydrogen-bond donors (Lipinski definition) is 0. The smallest absolute Gasteiger partial charge is 0.163 e. The molecular weight excluding hydrogens is 362 g/mol. The van der Waals surface area contributed by atoms with Gasteiger partial charge in [-0.15, -0.1) is 0 Å². The molecule has 1 aliphatic heterocycles. The van der Waals surface area contributed by atoms with E-state index in [9.17, 15) is 0 Å². The van der Waals surface area contributed by atoms with E-state index in [1.165, 1.54) is 19.3 Å². The molecule has 1 aromatic heterocycles. The molecular formula is C20H20BrN3. The lowest BCUT2D eigenvalue weighted by Gasteiger charge is -2.35. The number of nitrogens with zero attached hydrogens (tertiary/aromatic N) is 3. The summed E-state index contributed by atoms with van der Waals surface area (Å²) in [6.45, 7) is 3.37. The zero-order chi connectivity index (χ0) is 16.5. The molecule has 1 fully saturated rings. The molecule has 0 spiro atoms. The van der Waals surface area contributed by atoms with E-state index in [4.69, 9.17) is 9.97 Å². The molecule has 3 nitrogen and oxygen atoms in total. The van der Waals surface area contributed by atoms with E-state index in [0.29, 0.717) is 6.04 Å². The van der Waals surface area contributed by atoms with Crippen molar-refractivity contribution in [3.05, 3.63) is 53.0 Å². The van der Waals surface area contributed by atoms with Crippen LogP contribution in [-0.4, -0.2) is 22.6 Å². The van der Waals surface area contributed by atoms with Gasteiger partial charge in [0.1, 0.15) is 5.82 Å². The van der Waals surface area contributed by atoms with Crippen LogP contribution in [0.2, 0.25) is 0 Å². The van der Waals surface area contributed by atoms with E-state index >= 15 is 0 Å². The topological polar surface area (TPSA) is 29.0 Å². The Bertz CT molecular complexity index is 878. The fraction of sp³-hybridized carbons (Fsp3) is 0.300. The summed E-state index contributed by atoms with van der Waals surface area (Å²) in [5, 5.41) is 1.14. The highest BCUT2D eigenvalue weighted by Gasteiger charge is 2.23. The Hall–Kier alpha value is -1.94. The Morgan fingerprint density at radius 1 is 1.00 bits per heavy atom. The van der Waals surface area contributed by atoms with Gasteiger partial charge in [0, 0.05) is 28.0 Å². The summed E-state index contributed by atoms with van der Waals surface area (Å²) in [5.41, 5.74) is 2.04. The molecule has 4 heteroatoms. The lowest BCUT2D eigenvalue weighted by molar-refractivity contribution is 0.482. The van der Waals surface area contributed by atoms with Gasteiger partial charge in [0.2, 0.25) is 0 Å². The Kier molecular flexibility index (Phi) is 4.23. The summed E-state index contributed by atoms with van der Waals surface area (Å²) < 4.78 is 1.03. The van der Waals surface area contributed by atoms with Gasteiger partial charge in [-0.05, 0) is 44.4 Å². The maximum absolute atomic E-state index is 4.99. The van der Waals surface area contributed by atoms with Gasteiger partial charge in [-0.1, -0.05) is 46.3 Å². The van der Waals surface area contributed by atoms with Gasteiger partial charge in [-0.2, -0.15) is 0 Å². The van der Waals surface area contributed by atoms with Gasteiger partial charge in [0.15, 0.2) is 5.82 Å². The first-order chi connectivity index (χ1) is 11.7. The number of fused-ring (bicyclic) bond motifs is 1. The summed E-state index contributed by atoms with van der Waals surface area (Å²) in [6.07, 6.45) is 3.76. The van der Waals surface area contributed by atoms with Crippen molar-refractivity contribution in [2.75, 3.05) is 11.4 Å². The zero-order valence-corrected chi connectivity index (χ0v) is 15.3. The predicted octanol–water partition coefficient (Wildman–Crippen LogP) is 5.44. The van der Waals surface area contributed by atoms with Gasteiger partial charge in [-0.25, -0.2) is 9.97 Å². The van der Waals surface area contributed by atoms with Crippen molar-refractivity contribution in [3.63, 3.8) is 0 Å². The maximum Gasteiger partial charge on any atom is 0.163 e. The quantitative estimate of drug-likeness (QED) is 0.591. The van der Waals surface area contributed by atoms with Crippen LogP contribution in [0.5, 0.6) is 0 Å². The minimum absolute atomic E-state index is 0.518. The highest BCUT2D eigenvalue weighted by molar-refractivity contribution is 9.10. The number of halogens is 1. The normalized spacial score (nSPS) is 18.1. The number of rotatable bonds is 2. The second kappa shape index (κ2) is 6.52. The molecule has 0 bridgehead atoms. The second-order valence-corrected chi connectivity index (χ2v) is 7.26. The number of aromatic nitrogens is 2. The van der Waals surface area contributed by atoms with Crippen LogP contribution in [0.15, 0.2) is 53.0 Å². The fourth-order valence-electron chi connectivity index (χ4n) is 3.45. The molecule has 4 rings (SSSR count). The molecule has 1 unspecified atom stereocenters. The van der Waals surface area contributed by atoms with Crippen LogP contribution >= 0.6 is 15.9 Å². The number of benzene rings is 2. The standard InChI is InChI=1S/C20H20BrN3/c1-14-8-6-7-13-24(14)20-16-10-3-5-12-18(16)22-19(23-20)15-9-2-4-11-17(15)21/h2-5,9-12,14H,6-8,13H2,1H3. The lowest BCUT2D eigenvalue weighted by Crippen LogP contribution is -2.38. The van der Waals surface area contributed by atoms with E-state index in [2.05, 4.69) is 52.0 Å². The monoisotopic (exact) mass is 381 g/mol. The van der Waals surface area contributed by atoms with Crippen molar-refractivity contribution >= 4 is 32.7 Å². The molecule has 3 aromatic rings. The first-order valence-electron chi connectivity index (χ1n) is 8.52. The van der Waals surface area contributed by atoms with Crippen LogP contribution < -0.4 is 4.90 Å². The molecule has 0 amide bonds. The Labute approximate surface area is 150 Å². The molecule has 1 saturated heterocycles. The molecule has 24 heavy (non-hydrogen) atoms. The van der Waals surface area contributed by atoms with Crippen molar-refractivity contribution in [1.82, 2.24) is 9.97 Å². The van der Waals surface area contributed by atoms with Crippen molar-refractivity contribution < 1.29 is 0 Å². The third-order valence-corrected chi connectivity index (χ3v) is 5.46. The Morgan fingerprint density at radius 2 is 1.79 bits per heavy atom. The van der Waals surface area contributed by atoms with Gasteiger partial charge in [-0.3, -0.25) is 0 Å². The van der Waals surface area contributed by atoms with Crippen LogP contribution in [0, 0.1) is 0 Å². The average molecular weight is 382 g/mol. The molecule has 0 aliphatic carbocycles. The summed E-state index contributed by atoms with van der Waals surface area (Å²) in [6, 6.07) is 17.0. The third-order valence-electron chi connectivity index (χ3n) is 4.77. The highest BCUT2D eigenvalue weighted by Crippen LogP contribution is 2.33. The summed E-state index contributed by atoms with van der Waals surface area (Å²) in [4.78, 5) is 12.3. The van der Waals surface area contributed by atoms with Crippen molar-refractivity contribution in [3.8, 4) is 11.4 Å². The Morgan fingerprint density at radius 3 is 2.62 bits per heavy atom. The van der Waals surface area contributed by atoms with Gasteiger partial charge >= 0.3 is 0 Å². The molecule has 0 saturated carbocycles. The lowest BCUT2D eigenvalue weighted by atomic mass is 10.0. The van der Waals surface area contributed by atoms with E-state index in [0.717, 1.165) is 39.1 Å². The summed E-state index contributed by atoms with van der Waals surface area (Å²) >= 11 is 3.64. The van der Waals surface area contributed by atoms with E-state index in [1.54, 1.807) is 0 Å². The van der Waals surface area contributed by atoms with Crippen molar-refractivity contribution in [2.45, 2.75) is 32.2 Å². The van der Waals surface area contributed by atoms with E-state index in [-0.39, 0.29) is 0 Å². The van der Waals surface area contributed by atoms with E-state index in [1.807, 2.05) is 24.3 Å². The summed E-state index contributed by atoms with van der Waals surface area (Å²) in [5.74, 6) is 1.85. The Balaban J connectivity index is 1.93. The summed E-state index contributed by atoms with van der Waals surface area (Å²) in [7, 11) is 0. The first-order valence-corrected chi connectivity index (χ1v) is 9.31. The van der Waals surface area contributed by atoms with Crippen molar-refractivity contribution in [2.24, 2.45) is 0 Å². The molecule has 2 heterocycles. The predicted molar refractivity (Wildman–Crippen MR) is 103 cm³/mol. The zero-order valence-electron chi connectivity index (χ0n) is 13.7. The number of hydrogen-bond acceptors (Lipinski definition) is 3. The number of para-hydroxylation sites is 1. The van der Waals surface area contributed by atoms with Gasteiger partial charge < -0.3 is 4.90 Å². The van der Waals surface area contributed by atoms with E-state index < -0.39 is 0 Å². The van der Waals surface area contributed by atoms with Crippen LogP contribution in [0.4, 0.5) is 5.82 Å². The van der Waals surface area contributed by atoms with Crippen LogP contribution in [0.25, 0.3) is 22.3 Å². The average Bonchev–Trinajstić information content (AvgIpc) is 2.62. The largest absolute Gasteiger partial charge is 0.353 e. The van der Waals surface area contributed by atoms with Crippen molar-refractivity contribution in [1.29, 1.82) is 0 Å². The number of anilines is 1. The third kappa shape index (κ3) is 2.80. The fourth-order valence-corrected chi connectivity index (χ4v) is 3.92. The maximum atomic E-state index is 4.99. The number of piperidine rings is 1. The van der Waals surface area contributed by atoms with Crippen LogP contribution in [-0.2, 0) is 0 Å². The first kappa shape index (κ1) is 15.6. The molecule has 2 aromatic carbocycles. The SMILES string of the molecule is CC1CCCCN1c1nc(-c2ccccc2Br)nc2ccccc12. The molecule has 1 aliphatic rings.